The van der Waals surface area contributed by atoms with Gasteiger partial charge in [0.1, 0.15) is 5.82 Å². The van der Waals surface area contributed by atoms with E-state index in [1.165, 1.54) is 0 Å². The number of aromatic nitrogens is 2. The molecule has 1 heterocycles. The van der Waals surface area contributed by atoms with Crippen LogP contribution in [0.5, 0.6) is 5.88 Å². The van der Waals surface area contributed by atoms with E-state index in [0.717, 1.165) is 6.42 Å². The normalized spacial score (nSPS) is 14.4. The SMILES string of the molecule is COc1cncc(NC(C)CC(C)Cl)n1. The average molecular weight is 230 g/mol. The number of alkyl halides is 1. The van der Waals surface area contributed by atoms with Gasteiger partial charge in [-0.2, -0.15) is 4.98 Å². The number of hydrogen-bond acceptors (Lipinski definition) is 4. The molecule has 0 bridgehead atoms. The number of nitrogens with zero attached hydrogens (tertiary/aromatic N) is 2. The van der Waals surface area contributed by atoms with Crippen LogP contribution in [0.1, 0.15) is 20.3 Å². The summed E-state index contributed by atoms with van der Waals surface area (Å²) in [5.41, 5.74) is 0. The van der Waals surface area contributed by atoms with Crippen molar-refractivity contribution in [1.29, 1.82) is 0 Å². The Hall–Kier alpha value is -1.03. The molecular formula is C10H16ClN3O. The summed E-state index contributed by atoms with van der Waals surface area (Å²) in [6.45, 7) is 4.02. The maximum absolute atomic E-state index is 5.90. The summed E-state index contributed by atoms with van der Waals surface area (Å²) in [6.07, 6.45) is 4.11. The summed E-state index contributed by atoms with van der Waals surface area (Å²) in [5, 5.41) is 3.35. The van der Waals surface area contributed by atoms with Crippen LogP contribution in [0.2, 0.25) is 0 Å². The van der Waals surface area contributed by atoms with Gasteiger partial charge in [-0.3, -0.25) is 4.98 Å². The minimum Gasteiger partial charge on any atom is -0.480 e. The van der Waals surface area contributed by atoms with Crippen LogP contribution < -0.4 is 10.1 Å². The van der Waals surface area contributed by atoms with Crippen LogP contribution in [-0.2, 0) is 0 Å². The zero-order valence-electron chi connectivity index (χ0n) is 9.20. The van der Waals surface area contributed by atoms with Crippen molar-refractivity contribution >= 4 is 17.4 Å². The molecule has 2 unspecified atom stereocenters. The van der Waals surface area contributed by atoms with E-state index in [-0.39, 0.29) is 11.4 Å². The fourth-order valence-corrected chi connectivity index (χ4v) is 1.58. The van der Waals surface area contributed by atoms with Gasteiger partial charge in [-0.05, 0) is 20.3 Å². The van der Waals surface area contributed by atoms with E-state index >= 15 is 0 Å². The quantitative estimate of drug-likeness (QED) is 0.788. The summed E-state index contributed by atoms with van der Waals surface area (Å²) in [6, 6.07) is 0.263. The second-order valence-electron chi connectivity index (χ2n) is 3.51. The molecule has 5 heteroatoms. The van der Waals surface area contributed by atoms with Crippen molar-refractivity contribution in [3.05, 3.63) is 12.4 Å². The number of nitrogens with one attached hydrogen (secondary N) is 1. The molecule has 84 valence electrons. The minimum atomic E-state index is 0.145. The monoisotopic (exact) mass is 229 g/mol. The second kappa shape index (κ2) is 5.75. The molecule has 0 amide bonds. The number of hydrogen-bond donors (Lipinski definition) is 1. The van der Waals surface area contributed by atoms with Crippen molar-refractivity contribution < 1.29 is 4.74 Å². The lowest BCUT2D eigenvalue weighted by Crippen LogP contribution is -2.19. The van der Waals surface area contributed by atoms with Gasteiger partial charge in [0.15, 0.2) is 0 Å². The van der Waals surface area contributed by atoms with Crippen molar-refractivity contribution in [3.8, 4) is 5.88 Å². The predicted octanol–water partition coefficient (Wildman–Crippen LogP) is 2.30. The van der Waals surface area contributed by atoms with E-state index < -0.39 is 0 Å². The maximum Gasteiger partial charge on any atom is 0.233 e. The van der Waals surface area contributed by atoms with E-state index in [1.54, 1.807) is 19.5 Å². The number of ether oxygens (including phenoxy) is 1. The van der Waals surface area contributed by atoms with Crippen LogP contribution in [0.3, 0.4) is 0 Å². The lowest BCUT2D eigenvalue weighted by atomic mass is 10.2. The Morgan fingerprint density at radius 2 is 2.20 bits per heavy atom. The van der Waals surface area contributed by atoms with Crippen LogP contribution in [0.25, 0.3) is 0 Å². The van der Waals surface area contributed by atoms with Crippen LogP contribution in [-0.4, -0.2) is 28.5 Å². The van der Waals surface area contributed by atoms with E-state index in [2.05, 4.69) is 22.2 Å². The number of rotatable bonds is 5. The van der Waals surface area contributed by atoms with Gasteiger partial charge >= 0.3 is 0 Å². The summed E-state index contributed by atoms with van der Waals surface area (Å²) >= 11 is 5.90. The Labute approximate surface area is 95.0 Å². The highest BCUT2D eigenvalue weighted by molar-refractivity contribution is 6.20. The second-order valence-corrected chi connectivity index (χ2v) is 4.25. The molecular weight excluding hydrogens is 214 g/mol. The van der Waals surface area contributed by atoms with Crippen LogP contribution in [0.4, 0.5) is 5.82 Å². The molecule has 0 aromatic carbocycles. The maximum atomic E-state index is 5.90. The molecule has 0 aliphatic rings. The molecule has 0 radical (unpaired) electrons. The molecule has 2 atom stereocenters. The zero-order valence-corrected chi connectivity index (χ0v) is 9.95. The van der Waals surface area contributed by atoms with Crippen molar-refractivity contribution in [1.82, 2.24) is 9.97 Å². The standard InChI is InChI=1S/C10H16ClN3O/c1-7(11)4-8(2)13-9-5-12-6-10(14-9)15-3/h5-8H,4H2,1-3H3,(H,13,14). The van der Waals surface area contributed by atoms with Crippen molar-refractivity contribution in [2.45, 2.75) is 31.7 Å². The minimum absolute atomic E-state index is 0.145. The van der Waals surface area contributed by atoms with Crippen molar-refractivity contribution in [3.63, 3.8) is 0 Å². The van der Waals surface area contributed by atoms with Gasteiger partial charge < -0.3 is 10.1 Å². The highest BCUT2D eigenvalue weighted by Gasteiger charge is 2.07. The van der Waals surface area contributed by atoms with Gasteiger partial charge in [-0.1, -0.05) is 0 Å². The molecule has 0 saturated carbocycles. The summed E-state index contributed by atoms with van der Waals surface area (Å²) in [7, 11) is 1.57. The third-order valence-corrected chi connectivity index (χ3v) is 2.07. The molecule has 0 saturated heterocycles. The van der Waals surface area contributed by atoms with E-state index in [0.29, 0.717) is 11.7 Å². The fourth-order valence-electron chi connectivity index (χ4n) is 1.31. The number of halogens is 1. The highest BCUT2D eigenvalue weighted by Crippen LogP contribution is 2.12. The van der Waals surface area contributed by atoms with Crippen molar-refractivity contribution in [2.75, 3.05) is 12.4 Å². The molecule has 15 heavy (non-hydrogen) atoms. The molecule has 0 aliphatic carbocycles. The molecule has 1 aromatic rings. The molecule has 0 spiro atoms. The Bertz CT molecular complexity index is 306. The summed E-state index contributed by atoms with van der Waals surface area (Å²) < 4.78 is 4.98. The van der Waals surface area contributed by atoms with Gasteiger partial charge in [0.05, 0.1) is 19.5 Å². The van der Waals surface area contributed by atoms with Gasteiger partial charge in [0.2, 0.25) is 5.88 Å². The Morgan fingerprint density at radius 1 is 1.47 bits per heavy atom. The Morgan fingerprint density at radius 3 is 2.80 bits per heavy atom. The van der Waals surface area contributed by atoms with E-state index in [9.17, 15) is 0 Å². The first kappa shape index (κ1) is 12.0. The zero-order chi connectivity index (χ0) is 11.3. The lowest BCUT2D eigenvalue weighted by Gasteiger charge is -2.15. The first-order valence-electron chi connectivity index (χ1n) is 4.88. The third kappa shape index (κ3) is 4.34. The topological polar surface area (TPSA) is 47.0 Å². The summed E-state index contributed by atoms with van der Waals surface area (Å²) in [4.78, 5) is 8.20. The molecule has 1 N–H and O–H groups in total. The molecule has 1 rings (SSSR count). The van der Waals surface area contributed by atoms with Gasteiger partial charge in [0.25, 0.3) is 0 Å². The van der Waals surface area contributed by atoms with E-state index in [4.69, 9.17) is 16.3 Å². The smallest absolute Gasteiger partial charge is 0.233 e. The first-order valence-corrected chi connectivity index (χ1v) is 5.32. The largest absolute Gasteiger partial charge is 0.480 e. The predicted molar refractivity (Wildman–Crippen MR) is 61.6 cm³/mol. The first-order chi connectivity index (χ1) is 7.11. The van der Waals surface area contributed by atoms with Gasteiger partial charge in [-0.25, -0.2) is 0 Å². The number of anilines is 1. The summed E-state index contributed by atoms with van der Waals surface area (Å²) in [5.74, 6) is 1.21. The number of methoxy groups -OCH3 is 1. The lowest BCUT2D eigenvalue weighted by molar-refractivity contribution is 0.396. The highest BCUT2D eigenvalue weighted by atomic mass is 35.5. The van der Waals surface area contributed by atoms with Crippen LogP contribution >= 0.6 is 11.6 Å². The third-order valence-electron chi connectivity index (χ3n) is 1.89. The molecule has 4 nitrogen and oxygen atoms in total. The average Bonchev–Trinajstić information content (AvgIpc) is 2.16. The van der Waals surface area contributed by atoms with Gasteiger partial charge in [-0.15, -0.1) is 11.6 Å². The Balaban J connectivity index is 2.55. The molecule has 1 aromatic heterocycles. The fraction of sp³-hybridized carbons (Fsp3) is 0.600. The van der Waals surface area contributed by atoms with Crippen molar-refractivity contribution in [2.24, 2.45) is 0 Å². The molecule has 0 fully saturated rings. The molecule has 0 aliphatic heterocycles. The van der Waals surface area contributed by atoms with E-state index in [1.807, 2.05) is 6.92 Å². The Kier molecular flexibility index (Phi) is 4.62. The van der Waals surface area contributed by atoms with Crippen LogP contribution in [0.15, 0.2) is 12.4 Å². The van der Waals surface area contributed by atoms with Gasteiger partial charge in [0, 0.05) is 11.4 Å². The van der Waals surface area contributed by atoms with Crippen LogP contribution in [0, 0.1) is 0 Å².